The molecule has 4 rings (SSSR count). The highest BCUT2D eigenvalue weighted by Gasteiger charge is 2.40. The minimum absolute atomic E-state index is 0.0128. The molecule has 0 amide bonds. The van der Waals surface area contributed by atoms with Gasteiger partial charge in [-0.3, -0.25) is 4.79 Å². The maximum atomic E-state index is 13.4. The molecule has 0 aromatic heterocycles. The van der Waals surface area contributed by atoms with Gasteiger partial charge in [0.05, 0.1) is 17.5 Å². The Labute approximate surface area is 217 Å². The number of benzene rings is 2. The minimum atomic E-state index is -1.03. The van der Waals surface area contributed by atoms with Crippen molar-refractivity contribution in [3.63, 3.8) is 0 Å². The summed E-state index contributed by atoms with van der Waals surface area (Å²) in [5.41, 5.74) is 2.55. The zero-order chi connectivity index (χ0) is 27.2. The smallest absolute Gasteiger partial charge is 0.174 e. The number of hydrogen-bond donors (Lipinski definition) is 4. The number of ketones is 1. The van der Waals surface area contributed by atoms with Gasteiger partial charge < -0.3 is 29.9 Å². The van der Waals surface area contributed by atoms with Gasteiger partial charge >= 0.3 is 0 Å². The number of aromatic hydroxyl groups is 4. The van der Waals surface area contributed by atoms with Crippen LogP contribution in [0.4, 0.5) is 0 Å². The number of allylic oxidation sites excluding steroid dienone is 3. The first-order chi connectivity index (χ1) is 17.3. The summed E-state index contributed by atoms with van der Waals surface area (Å²) < 4.78 is 12.5. The maximum Gasteiger partial charge on any atom is 0.174 e. The van der Waals surface area contributed by atoms with E-state index < -0.39 is 29.0 Å². The fourth-order valence-corrected chi connectivity index (χ4v) is 4.82. The number of fused-ring (bicyclic) bond motifs is 3. The minimum Gasteiger partial charge on any atom is -0.508 e. The largest absolute Gasteiger partial charge is 0.508 e. The van der Waals surface area contributed by atoms with Crippen molar-refractivity contribution in [3.05, 3.63) is 64.3 Å². The van der Waals surface area contributed by atoms with Crippen LogP contribution in [0, 0.1) is 5.92 Å². The number of rotatable bonds is 6. The van der Waals surface area contributed by atoms with Gasteiger partial charge in [-0.2, -0.15) is 0 Å². The lowest BCUT2D eigenvalue weighted by molar-refractivity contribution is 0.0834. The van der Waals surface area contributed by atoms with Crippen molar-refractivity contribution in [2.75, 3.05) is 0 Å². The van der Waals surface area contributed by atoms with Crippen molar-refractivity contribution < 1.29 is 34.7 Å². The number of ether oxygens (including phenoxy) is 2. The van der Waals surface area contributed by atoms with Crippen LogP contribution in [0.2, 0.25) is 0 Å². The summed E-state index contributed by atoms with van der Waals surface area (Å²) in [7, 11) is 0. The summed E-state index contributed by atoms with van der Waals surface area (Å²) >= 11 is 0. The first kappa shape index (κ1) is 26.2. The molecule has 0 bridgehead atoms. The van der Waals surface area contributed by atoms with Gasteiger partial charge in [0.1, 0.15) is 51.8 Å². The summed E-state index contributed by atoms with van der Waals surface area (Å²) in [4.78, 5) is 13.4. The van der Waals surface area contributed by atoms with E-state index >= 15 is 0 Å². The molecule has 0 radical (unpaired) electrons. The molecule has 0 saturated heterocycles. The van der Waals surface area contributed by atoms with Crippen LogP contribution in [0.15, 0.2) is 42.0 Å². The SMILES string of the molecule is C=C(C)[C@@H](CC=C(C)C)Cc1c(O)c2c(c3c1OC(C)(C)C=C3)O[C@@H](c1c(O)cc(O)cc1O)CC2=O. The molecule has 2 heterocycles. The van der Waals surface area contributed by atoms with Gasteiger partial charge in [0.2, 0.25) is 0 Å². The van der Waals surface area contributed by atoms with Gasteiger partial charge in [-0.05, 0) is 65.5 Å². The van der Waals surface area contributed by atoms with E-state index in [9.17, 15) is 25.2 Å². The van der Waals surface area contributed by atoms with E-state index in [1.165, 1.54) is 5.57 Å². The summed E-state index contributed by atoms with van der Waals surface area (Å²) in [5.74, 6) is -1.12. The predicted octanol–water partition coefficient (Wildman–Crippen LogP) is 6.49. The molecule has 0 spiro atoms. The average Bonchev–Trinajstić information content (AvgIpc) is 2.76. The van der Waals surface area contributed by atoms with Crippen molar-refractivity contribution in [1.29, 1.82) is 0 Å². The molecule has 7 heteroatoms. The van der Waals surface area contributed by atoms with Crippen LogP contribution in [-0.4, -0.2) is 31.8 Å². The zero-order valence-electron chi connectivity index (χ0n) is 21.9. The second-order valence-corrected chi connectivity index (χ2v) is 10.7. The molecular weight excluding hydrogens is 472 g/mol. The third kappa shape index (κ3) is 5.03. The highest BCUT2D eigenvalue weighted by Crippen LogP contribution is 2.53. The monoisotopic (exact) mass is 506 g/mol. The Hall–Kier alpha value is -3.87. The second-order valence-electron chi connectivity index (χ2n) is 10.7. The van der Waals surface area contributed by atoms with Crippen molar-refractivity contribution in [3.8, 4) is 34.5 Å². The normalized spacial score (nSPS) is 18.2. The fourth-order valence-electron chi connectivity index (χ4n) is 4.82. The Kier molecular flexibility index (Phi) is 6.76. The summed E-state index contributed by atoms with van der Waals surface area (Å²) in [5, 5.41) is 41.9. The van der Waals surface area contributed by atoms with Crippen molar-refractivity contribution >= 4 is 11.9 Å². The summed E-state index contributed by atoms with van der Waals surface area (Å²) in [6.45, 7) is 13.9. The number of carbonyl (C=O) groups excluding carboxylic acids is 1. The molecule has 2 atom stereocenters. The fraction of sp³-hybridized carbons (Fsp3) is 0.367. The van der Waals surface area contributed by atoms with Gasteiger partial charge in [-0.1, -0.05) is 23.8 Å². The lowest BCUT2D eigenvalue weighted by atomic mass is 9.84. The number of phenols is 4. The lowest BCUT2D eigenvalue weighted by Crippen LogP contribution is -2.30. The quantitative estimate of drug-likeness (QED) is 0.331. The van der Waals surface area contributed by atoms with Crippen LogP contribution in [0.1, 0.15) is 80.6 Å². The topological polar surface area (TPSA) is 116 Å². The van der Waals surface area contributed by atoms with Crippen LogP contribution in [-0.2, 0) is 6.42 Å². The predicted molar refractivity (Wildman–Crippen MR) is 142 cm³/mol. The molecule has 0 aliphatic carbocycles. The van der Waals surface area contributed by atoms with Gasteiger partial charge in [0, 0.05) is 17.7 Å². The Balaban J connectivity index is 1.87. The Bertz CT molecular complexity index is 1320. The number of Topliss-reactive ketones (excluding diaryl/α,β-unsaturated/α-hetero) is 1. The molecular formula is C30H34O7. The molecule has 2 aromatic carbocycles. The number of hydrogen-bond acceptors (Lipinski definition) is 7. The van der Waals surface area contributed by atoms with Gasteiger partial charge in [-0.15, -0.1) is 0 Å². The number of carbonyl (C=O) groups is 1. The summed E-state index contributed by atoms with van der Waals surface area (Å²) in [6, 6.07) is 2.15. The highest BCUT2D eigenvalue weighted by atomic mass is 16.5. The van der Waals surface area contributed by atoms with Crippen LogP contribution < -0.4 is 9.47 Å². The standard InChI is InChI=1S/C30H34O7/c1-15(2)7-8-17(16(3)4)11-20-27(35)26-23(34)14-24(25-21(32)12-18(31)13-22(25)33)36-29(26)19-9-10-30(5,6)37-28(19)20/h7,9-10,12-13,17,24,31-33,35H,3,8,11,14H2,1-2,4-6H3/t17-,24+/m0/s1. The lowest BCUT2D eigenvalue weighted by Gasteiger charge is -2.35. The van der Waals surface area contributed by atoms with Crippen LogP contribution in [0.3, 0.4) is 0 Å². The molecule has 0 fully saturated rings. The Morgan fingerprint density at radius 1 is 1.14 bits per heavy atom. The van der Waals surface area contributed by atoms with Gasteiger partial charge in [0.25, 0.3) is 0 Å². The third-order valence-electron chi connectivity index (χ3n) is 6.84. The molecule has 2 aliphatic heterocycles. The second kappa shape index (κ2) is 9.54. The van der Waals surface area contributed by atoms with E-state index in [0.717, 1.165) is 24.1 Å². The molecule has 4 N–H and O–H groups in total. The van der Waals surface area contributed by atoms with Crippen LogP contribution in [0.5, 0.6) is 34.5 Å². The van der Waals surface area contributed by atoms with E-state index in [0.29, 0.717) is 23.3 Å². The molecule has 37 heavy (non-hydrogen) atoms. The molecule has 0 unspecified atom stereocenters. The first-order valence-corrected chi connectivity index (χ1v) is 12.3. The van der Waals surface area contributed by atoms with E-state index in [4.69, 9.17) is 9.47 Å². The third-order valence-corrected chi connectivity index (χ3v) is 6.84. The van der Waals surface area contributed by atoms with E-state index in [1.807, 2.05) is 46.8 Å². The van der Waals surface area contributed by atoms with Crippen molar-refractivity contribution in [2.24, 2.45) is 5.92 Å². The number of phenolic OH excluding ortho intramolecular Hbond substituents is 4. The van der Waals surface area contributed by atoms with E-state index in [-0.39, 0.29) is 40.7 Å². The maximum absolute atomic E-state index is 13.4. The van der Waals surface area contributed by atoms with E-state index in [1.54, 1.807) is 0 Å². The Morgan fingerprint density at radius 2 is 1.78 bits per heavy atom. The van der Waals surface area contributed by atoms with Crippen molar-refractivity contribution in [1.82, 2.24) is 0 Å². The van der Waals surface area contributed by atoms with Gasteiger partial charge in [0.15, 0.2) is 5.78 Å². The van der Waals surface area contributed by atoms with Gasteiger partial charge in [-0.25, -0.2) is 0 Å². The average molecular weight is 507 g/mol. The van der Waals surface area contributed by atoms with Crippen LogP contribution in [0.25, 0.3) is 6.08 Å². The van der Waals surface area contributed by atoms with Crippen molar-refractivity contribution in [2.45, 2.75) is 65.6 Å². The molecule has 196 valence electrons. The zero-order valence-corrected chi connectivity index (χ0v) is 21.9. The molecule has 2 aromatic rings. The molecule has 7 nitrogen and oxygen atoms in total. The molecule has 0 saturated carbocycles. The first-order valence-electron chi connectivity index (χ1n) is 12.3. The highest BCUT2D eigenvalue weighted by molar-refractivity contribution is 6.05. The van der Waals surface area contributed by atoms with E-state index in [2.05, 4.69) is 12.7 Å². The summed E-state index contributed by atoms with van der Waals surface area (Å²) in [6.07, 6.45) is 5.69. The molecule has 2 aliphatic rings. The Morgan fingerprint density at radius 3 is 2.38 bits per heavy atom. The van der Waals surface area contributed by atoms with Crippen LogP contribution >= 0.6 is 0 Å².